The fourth-order valence-corrected chi connectivity index (χ4v) is 2.88. The van der Waals surface area contributed by atoms with Crippen LogP contribution < -0.4 is 5.73 Å². The fourth-order valence-electron chi connectivity index (χ4n) is 1.96. The van der Waals surface area contributed by atoms with Gasteiger partial charge in [0.05, 0.1) is 0 Å². The minimum absolute atomic E-state index is 0.199. The number of furan rings is 1. The molecule has 4 aromatic rings. The SMILES string of the molecule is Nc1nc(Sc2ccccc2)nc2nc(-c3ccc(Cl)o3)nn12. The van der Waals surface area contributed by atoms with Crippen LogP contribution in [0.4, 0.5) is 5.95 Å². The van der Waals surface area contributed by atoms with Gasteiger partial charge in [0.25, 0.3) is 5.78 Å². The molecule has 1 aromatic carbocycles. The first kappa shape index (κ1) is 14.0. The summed E-state index contributed by atoms with van der Waals surface area (Å²) >= 11 is 7.17. The van der Waals surface area contributed by atoms with Gasteiger partial charge in [-0.15, -0.1) is 5.10 Å². The number of fused-ring (bicyclic) bond motifs is 1. The lowest BCUT2D eigenvalue weighted by Crippen LogP contribution is -2.05. The highest BCUT2D eigenvalue weighted by atomic mass is 35.5. The maximum atomic E-state index is 5.95. The summed E-state index contributed by atoms with van der Waals surface area (Å²) < 4.78 is 6.66. The van der Waals surface area contributed by atoms with Crippen molar-refractivity contribution >= 4 is 35.1 Å². The molecular weight excluding hydrogens is 336 g/mol. The highest BCUT2D eigenvalue weighted by molar-refractivity contribution is 7.99. The van der Waals surface area contributed by atoms with Gasteiger partial charge in [-0.1, -0.05) is 18.2 Å². The summed E-state index contributed by atoms with van der Waals surface area (Å²) in [7, 11) is 0. The minimum Gasteiger partial charge on any atom is -0.441 e. The van der Waals surface area contributed by atoms with Crippen LogP contribution in [0, 0.1) is 0 Å². The molecule has 0 aliphatic heterocycles. The molecule has 0 bridgehead atoms. The van der Waals surface area contributed by atoms with E-state index < -0.39 is 0 Å². The first-order valence-electron chi connectivity index (χ1n) is 6.58. The van der Waals surface area contributed by atoms with Crippen LogP contribution in [0.5, 0.6) is 0 Å². The summed E-state index contributed by atoms with van der Waals surface area (Å²) in [5.74, 6) is 1.33. The molecule has 0 saturated heterocycles. The van der Waals surface area contributed by atoms with Crippen LogP contribution in [0.1, 0.15) is 0 Å². The van der Waals surface area contributed by atoms with Crippen molar-refractivity contribution in [2.45, 2.75) is 10.1 Å². The van der Waals surface area contributed by atoms with Gasteiger partial charge in [0.1, 0.15) is 0 Å². The molecule has 3 aromatic heterocycles. The van der Waals surface area contributed by atoms with Crippen molar-refractivity contribution in [2.24, 2.45) is 0 Å². The van der Waals surface area contributed by atoms with E-state index in [1.54, 1.807) is 12.1 Å². The highest BCUT2D eigenvalue weighted by Crippen LogP contribution is 2.26. The number of aromatic nitrogens is 5. The molecule has 0 aliphatic rings. The third-order valence-corrected chi connectivity index (χ3v) is 4.03. The third kappa shape index (κ3) is 2.73. The number of hydrogen-bond donors (Lipinski definition) is 1. The standard InChI is InChI=1S/C14H9ClN6OS/c15-10-7-6-9(22-10)11-17-13-19-14(18-12(16)21(13)20-11)23-8-4-2-1-3-5-8/h1-7H,(H2,16,17,18,19,20). The van der Waals surface area contributed by atoms with E-state index in [0.29, 0.717) is 22.5 Å². The summed E-state index contributed by atoms with van der Waals surface area (Å²) in [5, 5.41) is 5.00. The molecular formula is C14H9ClN6OS. The summed E-state index contributed by atoms with van der Waals surface area (Å²) in [6.07, 6.45) is 0. The second-order valence-electron chi connectivity index (χ2n) is 4.53. The molecule has 0 spiro atoms. The number of nitrogens with zero attached hydrogens (tertiary/aromatic N) is 5. The summed E-state index contributed by atoms with van der Waals surface area (Å²) in [4.78, 5) is 13.9. The molecule has 0 fully saturated rings. The van der Waals surface area contributed by atoms with Gasteiger partial charge in [0.2, 0.25) is 11.8 Å². The highest BCUT2D eigenvalue weighted by Gasteiger charge is 2.15. The predicted molar refractivity (Wildman–Crippen MR) is 86.3 cm³/mol. The lowest BCUT2D eigenvalue weighted by Gasteiger charge is -2.01. The van der Waals surface area contributed by atoms with Crippen LogP contribution in [0.3, 0.4) is 0 Å². The Labute approximate surface area is 139 Å². The molecule has 0 amide bonds. The molecule has 4 rings (SSSR count). The van der Waals surface area contributed by atoms with Crippen molar-refractivity contribution in [2.75, 3.05) is 5.73 Å². The third-order valence-electron chi connectivity index (χ3n) is 2.96. The smallest absolute Gasteiger partial charge is 0.258 e. The van der Waals surface area contributed by atoms with Crippen LogP contribution in [0.25, 0.3) is 17.4 Å². The maximum absolute atomic E-state index is 5.95. The Morgan fingerprint density at radius 2 is 1.87 bits per heavy atom. The van der Waals surface area contributed by atoms with Crippen LogP contribution in [0.2, 0.25) is 5.22 Å². The molecule has 3 heterocycles. The van der Waals surface area contributed by atoms with E-state index in [1.807, 2.05) is 30.3 Å². The minimum atomic E-state index is 0.199. The molecule has 23 heavy (non-hydrogen) atoms. The quantitative estimate of drug-likeness (QED) is 0.609. The molecule has 0 radical (unpaired) electrons. The predicted octanol–water partition coefficient (Wildman–Crippen LogP) is 3.17. The average molecular weight is 345 g/mol. The van der Waals surface area contributed by atoms with E-state index >= 15 is 0 Å². The second-order valence-corrected chi connectivity index (χ2v) is 5.94. The second kappa shape index (κ2) is 5.56. The summed E-state index contributed by atoms with van der Waals surface area (Å²) in [5.41, 5.74) is 5.95. The topological polar surface area (TPSA) is 95.1 Å². The maximum Gasteiger partial charge on any atom is 0.258 e. The Kier molecular flexibility index (Phi) is 3.40. The van der Waals surface area contributed by atoms with Crippen molar-refractivity contribution in [3.63, 3.8) is 0 Å². The van der Waals surface area contributed by atoms with E-state index in [9.17, 15) is 0 Å². The molecule has 7 nitrogen and oxygen atoms in total. The van der Waals surface area contributed by atoms with Crippen LogP contribution in [0.15, 0.2) is 56.9 Å². The number of halogens is 1. The van der Waals surface area contributed by atoms with Gasteiger partial charge < -0.3 is 10.2 Å². The van der Waals surface area contributed by atoms with Crippen molar-refractivity contribution in [3.05, 3.63) is 47.7 Å². The monoisotopic (exact) mass is 344 g/mol. The van der Waals surface area contributed by atoms with Gasteiger partial charge in [0.15, 0.2) is 16.1 Å². The molecule has 0 atom stereocenters. The van der Waals surface area contributed by atoms with Gasteiger partial charge in [-0.3, -0.25) is 0 Å². The van der Waals surface area contributed by atoms with Gasteiger partial charge in [-0.25, -0.2) is 0 Å². The van der Waals surface area contributed by atoms with Gasteiger partial charge in [0, 0.05) is 4.90 Å². The number of nitrogens with two attached hydrogens (primary N) is 1. The molecule has 0 aliphatic carbocycles. The van der Waals surface area contributed by atoms with E-state index in [1.165, 1.54) is 16.3 Å². The number of rotatable bonds is 3. The molecule has 0 unspecified atom stereocenters. The fraction of sp³-hybridized carbons (Fsp3) is 0. The average Bonchev–Trinajstić information content (AvgIpc) is 3.14. The van der Waals surface area contributed by atoms with Crippen molar-refractivity contribution in [1.82, 2.24) is 24.6 Å². The van der Waals surface area contributed by atoms with E-state index in [2.05, 4.69) is 20.1 Å². The van der Waals surface area contributed by atoms with Gasteiger partial charge >= 0.3 is 0 Å². The number of benzene rings is 1. The van der Waals surface area contributed by atoms with Crippen molar-refractivity contribution in [3.8, 4) is 11.6 Å². The summed E-state index contributed by atoms with van der Waals surface area (Å²) in [6.45, 7) is 0. The van der Waals surface area contributed by atoms with E-state index in [0.717, 1.165) is 4.90 Å². The number of anilines is 1. The van der Waals surface area contributed by atoms with Crippen molar-refractivity contribution in [1.29, 1.82) is 0 Å². The molecule has 9 heteroatoms. The van der Waals surface area contributed by atoms with Crippen LogP contribution in [-0.2, 0) is 0 Å². The Balaban J connectivity index is 1.75. The van der Waals surface area contributed by atoms with E-state index in [4.69, 9.17) is 21.8 Å². The lowest BCUT2D eigenvalue weighted by atomic mass is 10.4. The Bertz CT molecular complexity index is 984. The molecule has 0 saturated carbocycles. The van der Waals surface area contributed by atoms with Gasteiger partial charge in [-0.2, -0.15) is 19.5 Å². The van der Waals surface area contributed by atoms with E-state index in [-0.39, 0.29) is 11.2 Å². The number of nitrogen functional groups attached to an aromatic ring is 1. The largest absolute Gasteiger partial charge is 0.441 e. The Hall–Kier alpha value is -2.58. The van der Waals surface area contributed by atoms with Crippen LogP contribution in [-0.4, -0.2) is 24.6 Å². The zero-order valence-electron chi connectivity index (χ0n) is 11.5. The first-order valence-corrected chi connectivity index (χ1v) is 7.77. The Morgan fingerprint density at radius 3 is 2.61 bits per heavy atom. The molecule has 114 valence electrons. The van der Waals surface area contributed by atoms with Crippen molar-refractivity contribution < 1.29 is 4.42 Å². The summed E-state index contributed by atoms with van der Waals surface area (Å²) in [6, 6.07) is 13.1. The normalized spacial score (nSPS) is 11.2. The first-order chi connectivity index (χ1) is 11.2. The lowest BCUT2D eigenvalue weighted by molar-refractivity contribution is 0.579. The zero-order chi connectivity index (χ0) is 15.8. The van der Waals surface area contributed by atoms with Gasteiger partial charge in [-0.05, 0) is 47.6 Å². The van der Waals surface area contributed by atoms with Crippen LogP contribution >= 0.6 is 23.4 Å². The Morgan fingerprint density at radius 1 is 1.04 bits per heavy atom. The zero-order valence-corrected chi connectivity index (χ0v) is 13.1. The number of hydrogen-bond acceptors (Lipinski definition) is 7. The molecule has 2 N–H and O–H groups in total.